The van der Waals surface area contributed by atoms with Gasteiger partial charge in [0.2, 0.25) is 0 Å². The third-order valence-electron chi connectivity index (χ3n) is 4.31. The summed E-state index contributed by atoms with van der Waals surface area (Å²) in [6, 6.07) is 1.91. The van der Waals surface area contributed by atoms with Gasteiger partial charge in [-0.1, -0.05) is 64.1 Å². The first-order chi connectivity index (χ1) is 12.9. The average molecular weight is 425 g/mol. The second-order valence-electron chi connectivity index (χ2n) is 6.91. The van der Waals surface area contributed by atoms with Crippen molar-refractivity contribution in [2.24, 2.45) is 0 Å². The number of hydrogen-bond acceptors (Lipinski definition) is 3. The second kappa shape index (κ2) is 7.50. The predicted octanol–water partition coefficient (Wildman–Crippen LogP) is 8.03. The topological polar surface area (TPSA) is 43.1 Å². The lowest BCUT2D eigenvalue weighted by atomic mass is 10.0. The maximum atomic E-state index is 12.6. The summed E-state index contributed by atoms with van der Waals surface area (Å²) in [4.78, 5) is 10.2. The smallest absolute Gasteiger partial charge is 0.310 e. The summed E-state index contributed by atoms with van der Waals surface area (Å²) in [6.45, 7) is 4.46. The van der Waals surface area contributed by atoms with E-state index in [0.29, 0.717) is 5.76 Å². The van der Waals surface area contributed by atoms with Crippen molar-refractivity contribution in [1.82, 2.24) is 5.16 Å². The Morgan fingerprint density at radius 3 is 2.00 bits per heavy atom. The van der Waals surface area contributed by atoms with E-state index in [4.69, 9.17) is 4.52 Å². The number of benzene rings is 1. The summed E-state index contributed by atoms with van der Waals surface area (Å²) in [5.74, 6) is -0.121. The molecule has 0 radical (unpaired) electrons. The van der Waals surface area contributed by atoms with Gasteiger partial charge in [-0.15, -0.1) is 0 Å². The van der Waals surface area contributed by atoms with Crippen LogP contribution in [0.5, 0.6) is 0 Å². The van der Waals surface area contributed by atoms with E-state index < -0.39 is 20.9 Å². The molecule has 1 aromatic heterocycles. The fourth-order valence-corrected chi connectivity index (χ4v) is 3.23. The Bertz CT molecular complexity index is 807. The Morgan fingerprint density at radius 2 is 1.57 bits per heavy atom. The molecule has 0 saturated heterocycles. The van der Waals surface area contributed by atoms with Crippen molar-refractivity contribution in [3.63, 3.8) is 0 Å². The second-order valence-corrected chi connectivity index (χ2v) is 9.32. The van der Waals surface area contributed by atoms with Crippen LogP contribution in [0.15, 0.2) is 39.9 Å². The van der Waals surface area contributed by atoms with Crippen LogP contribution < -0.4 is 0 Å². The molecule has 28 heavy (non-hydrogen) atoms. The van der Waals surface area contributed by atoms with Gasteiger partial charge in [0.05, 0.1) is 11.8 Å². The molecule has 1 aliphatic rings. The number of carbonyl (C=O) groups is 1. The highest BCUT2D eigenvalue weighted by Gasteiger charge is 2.65. The minimum absolute atomic E-state index is 0.0883. The maximum Gasteiger partial charge on any atom is 0.310 e. The fourth-order valence-electron chi connectivity index (χ4n) is 2.58. The predicted molar refractivity (Wildman–Crippen MR) is 99.6 cm³/mol. The number of hydrogen-bond donors (Lipinski definition) is 0. The number of halogens is 5. The zero-order valence-electron chi connectivity index (χ0n) is 15.8. The lowest BCUT2D eigenvalue weighted by Gasteiger charge is -2.40. The lowest BCUT2D eigenvalue weighted by Crippen LogP contribution is -2.07. The zero-order valence-corrected chi connectivity index (χ0v) is 16.6. The molecule has 158 valence electrons. The van der Waals surface area contributed by atoms with Gasteiger partial charge in [0.1, 0.15) is 4.90 Å². The van der Waals surface area contributed by atoms with Crippen molar-refractivity contribution < 1.29 is 28.7 Å². The van der Waals surface area contributed by atoms with Gasteiger partial charge in [0.15, 0.2) is 11.5 Å². The minimum Gasteiger partial charge on any atom is -0.360 e. The Hall–Kier alpha value is -1.90. The van der Waals surface area contributed by atoms with E-state index in [2.05, 4.69) is 19.0 Å². The van der Waals surface area contributed by atoms with E-state index in [1.54, 1.807) is 0 Å². The summed E-state index contributed by atoms with van der Waals surface area (Å²) in [6.07, 6.45) is 8.42. The number of nitrogens with zero attached hydrogens (tertiary/aromatic N) is 1. The van der Waals surface area contributed by atoms with E-state index >= 15 is 0 Å². The first-order valence-corrected chi connectivity index (χ1v) is 11.2. The molecule has 9 heteroatoms. The highest BCUT2D eigenvalue weighted by Crippen LogP contribution is 3.02. The molecule has 3 nitrogen and oxygen atoms in total. The number of ketones is 1. The highest BCUT2D eigenvalue weighted by atomic mass is 32.5. The molecule has 0 unspecified atom stereocenters. The van der Waals surface area contributed by atoms with E-state index in [0.717, 1.165) is 25.0 Å². The van der Waals surface area contributed by atoms with Gasteiger partial charge in [-0.25, -0.2) is 0 Å². The van der Waals surface area contributed by atoms with Crippen LogP contribution in [0.25, 0.3) is 0 Å². The van der Waals surface area contributed by atoms with Crippen LogP contribution in [0.2, 0.25) is 0 Å². The van der Waals surface area contributed by atoms with Crippen molar-refractivity contribution in [1.29, 1.82) is 0 Å². The quantitative estimate of drug-likeness (QED) is 0.256. The normalized spacial score (nSPS) is 16.5. The monoisotopic (exact) mass is 425 g/mol. The molecule has 0 amide bonds. The van der Waals surface area contributed by atoms with Gasteiger partial charge >= 0.3 is 10.2 Å². The van der Waals surface area contributed by atoms with Gasteiger partial charge in [-0.3, -0.25) is 4.79 Å². The Labute approximate surface area is 161 Å². The van der Waals surface area contributed by atoms with Gasteiger partial charge < -0.3 is 4.52 Å². The molecule has 0 bridgehead atoms. The third-order valence-corrected chi connectivity index (χ3v) is 5.47. The van der Waals surface area contributed by atoms with Crippen molar-refractivity contribution in [2.75, 3.05) is 0 Å². The number of rotatable bonds is 7. The number of aromatic nitrogens is 1. The summed E-state index contributed by atoms with van der Waals surface area (Å²) in [7, 11) is -9.72. The summed E-state index contributed by atoms with van der Waals surface area (Å²) in [5.41, 5.74) is 0.0262. The van der Waals surface area contributed by atoms with Crippen LogP contribution in [0.4, 0.5) is 19.4 Å². The molecule has 3 rings (SSSR count). The standard InChI is InChI=1S/C13H10F5NO2S.C6H14/c14-22(15,16,17,18)10-5-3-8(4-6-10)12(20)11-7-19-21-13(11)9-1-2-9;1-3-5-6-4-2/h3-7,9H,1-2H2;3-6H2,1-2H3. The van der Waals surface area contributed by atoms with Gasteiger partial charge in [-0.2, -0.15) is 0 Å². The molecule has 1 saturated carbocycles. The van der Waals surface area contributed by atoms with Gasteiger partial charge in [0.25, 0.3) is 0 Å². The van der Waals surface area contributed by atoms with Crippen molar-refractivity contribution >= 4 is 16.0 Å². The summed E-state index contributed by atoms with van der Waals surface area (Å²) < 4.78 is 68.1. The molecule has 0 N–H and O–H groups in total. The fraction of sp³-hybridized carbons (Fsp3) is 0.474. The van der Waals surface area contributed by atoms with Crippen LogP contribution in [-0.2, 0) is 0 Å². The SMILES string of the molecule is CCCCCC.O=C(c1ccc(S(F)(F)(F)(F)F)cc1)c1cnoc1C1CC1. The van der Waals surface area contributed by atoms with Gasteiger partial charge in [-0.05, 0) is 37.1 Å². The molecular weight excluding hydrogens is 401 g/mol. The molecule has 1 aromatic carbocycles. The molecule has 0 aliphatic heterocycles. The van der Waals surface area contributed by atoms with E-state index in [9.17, 15) is 24.2 Å². The Kier molecular flexibility index (Phi) is 5.99. The van der Waals surface area contributed by atoms with E-state index in [-0.39, 0.29) is 29.2 Å². The van der Waals surface area contributed by atoms with Crippen molar-refractivity contribution in [3.8, 4) is 0 Å². The van der Waals surface area contributed by atoms with Crippen LogP contribution in [0.3, 0.4) is 0 Å². The molecule has 2 aromatic rings. The highest BCUT2D eigenvalue weighted by molar-refractivity contribution is 8.45. The van der Waals surface area contributed by atoms with Crippen molar-refractivity contribution in [3.05, 3.63) is 47.3 Å². The van der Waals surface area contributed by atoms with Crippen molar-refractivity contribution in [2.45, 2.75) is 63.2 Å². The Balaban J connectivity index is 0.000000409. The van der Waals surface area contributed by atoms with Crippen LogP contribution >= 0.6 is 10.2 Å². The van der Waals surface area contributed by atoms with Crippen LogP contribution in [0, 0.1) is 0 Å². The third kappa shape index (κ3) is 6.05. The van der Waals surface area contributed by atoms with E-state index in [1.807, 2.05) is 0 Å². The lowest BCUT2D eigenvalue weighted by molar-refractivity contribution is 0.103. The van der Waals surface area contributed by atoms with Gasteiger partial charge in [0, 0.05) is 11.5 Å². The molecule has 1 heterocycles. The van der Waals surface area contributed by atoms with E-state index in [1.165, 1.54) is 31.9 Å². The number of unbranched alkanes of at least 4 members (excludes halogenated alkanes) is 3. The first-order valence-electron chi connectivity index (χ1n) is 9.20. The zero-order chi connectivity index (χ0) is 21.1. The minimum atomic E-state index is -9.72. The van der Waals surface area contributed by atoms with Crippen LogP contribution in [-0.4, -0.2) is 10.9 Å². The average Bonchev–Trinajstić information content (AvgIpc) is 3.35. The molecule has 0 atom stereocenters. The Morgan fingerprint density at radius 1 is 1.04 bits per heavy atom. The first kappa shape index (κ1) is 22.4. The van der Waals surface area contributed by atoms with Crippen LogP contribution in [0.1, 0.15) is 80.0 Å². The summed E-state index contributed by atoms with van der Waals surface area (Å²) in [5, 5.41) is 3.52. The molecule has 0 spiro atoms. The molecule has 1 fully saturated rings. The molecular formula is C19H24F5NO2S. The molecule has 1 aliphatic carbocycles. The summed E-state index contributed by atoms with van der Waals surface area (Å²) >= 11 is 0. The largest absolute Gasteiger partial charge is 0.360 e. The maximum absolute atomic E-state index is 12.6. The number of carbonyl (C=O) groups excluding carboxylic acids is 1.